The van der Waals surface area contributed by atoms with Gasteiger partial charge in [-0.2, -0.15) is 9.78 Å². The first-order chi connectivity index (χ1) is 14.5. The Balaban J connectivity index is 1.83. The average molecular weight is 468 g/mol. The topological polar surface area (TPSA) is 56.5 Å². The van der Waals surface area contributed by atoms with Gasteiger partial charge in [0.05, 0.1) is 23.2 Å². The smallest absolute Gasteiger partial charge is 0.282 e. The summed E-state index contributed by atoms with van der Waals surface area (Å²) in [6.07, 6.45) is 7.40. The number of para-hydroxylation sites is 1. The summed E-state index contributed by atoms with van der Waals surface area (Å²) in [6, 6.07) is 13.4. The molecule has 1 fully saturated rings. The lowest BCUT2D eigenvalue weighted by molar-refractivity contribution is 0.242. The zero-order valence-corrected chi connectivity index (χ0v) is 18.9. The van der Waals surface area contributed by atoms with Crippen molar-refractivity contribution in [1.82, 2.24) is 9.66 Å². The molecule has 1 aromatic heterocycles. The van der Waals surface area contributed by atoms with E-state index in [1.807, 2.05) is 56.3 Å². The molecule has 0 aliphatic heterocycles. The van der Waals surface area contributed by atoms with Crippen LogP contribution in [0.3, 0.4) is 0 Å². The van der Waals surface area contributed by atoms with Gasteiger partial charge >= 0.3 is 0 Å². The van der Waals surface area contributed by atoms with E-state index in [1.165, 1.54) is 11.1 Å². The molecular weight excluding hydrogens is 442 g/mol. The van der Waals surface area contributed by atoms with E-state index in [1.54, 1.807) is 6.21 Å². The summed E-state index contributed by atoms with van der Waals surface area (Å²) in [5.41, 5.74) is 1.42. The molecule has 1 saturated carbocycles. The fraction of sp³-hybridized carbons (Fsp3) is 0.375. The number of hydrogen-bond acceptors (Lipinski definition) is 4. The van der Waals surface area contributed by atoms with Gasteiger partial charge in [-0.05, 0) is 57.0 Å². The second-order valence-corrected chi connectivity index (χ2v) is 8.95. The van der Waals surface area contributed by atoms with Crippen LogP contribution in [0.25, 0.3) is 10.9 Å². The maximum Gasteiger partial charge on any atom is 0.282 e. The van der Waals surface area contributed by atoms with Crippen LogP contribution >= 0.6 is 15.9 Å². The van der Waals surface area contributed by atoms with Crippen molar-refractivity contribution in [1.29, 1.82) is 0 Å². The molecule has 5 nitrogen and oxygen atoms in total. The maximum absolute atomic E-state index is 13.4. The summed E-state index contributed by atoms with van der Waals surface area (Å²) < 4.78 is 8.25. The van der Waals surface area contributed by atoms with E-state index in [0.29, 0.717) is 5.39 Å². The normalized spacial score (nSPS) is 15.3. The summed E-state index contributed by atoms with van der Waals surface area (Å²) in [6.45, 7) is 3.98. The van der Waals surface area contributed by atoms with Gasteiger partial charge in [-0.25, -0.2) is 4.98 Å². The summed E-state index contributed by atoms with van der Waals surface area (Å²) in [5.74, 6) is 1.76. The lowest BCUT2D eigenvalue weighted by Gasteiger charge is -2.22. The molecule has 0 atom stereocenters. The number of hydrogen-bond donors (Lipinski definition) is 0. The van der Waals surface area contributed by atoms with E-state index in [0.717, 1.165) is 52.8 Å². The molecule has 0 spiro atoms. The number of benzene rings is 2. The summed E-state index contributed by atoms with van der Waals surface area (Å²) in [4.78, 5) is 18.3. The molecule has 0 saturated heterocycles. The predicted octanol–water partition coefficient (Wildman–Crippen LogP) is 5.88. The van der Waals surface area contributed by atoms with E-state index in [9.17, 15) is 4.79 Å². The van der Waals surface area contributed by atoms with Crippen LogP contribution in [0.5, 0.6) is 5.75 Å². The second kappa shape index (κ2) is 9.13. The van der Waals surface area contributed by atoms with Gasteiger partial charge in [-0.3, -0.25) is 4.79 Å². The third-order valence-electron chi connectivity index (χ3n) is 5.40. The average Bonchev–Trinajstić information content (AvgIpc) is 2.74. The van der Waals surface area contributed by atoms with E-state index in [4.69, 9.17) is 9.72 Å². The Labute approximate surface area is 184 Å². The molecule has 1 heterocycles. The fourth-order valence-corrected chi connectivity index (χ4v) is 4.33. The zero-order valence-electron chi connectivity index (χ0n) is 17.3. The largest absolute Gasteiger partial charge is 0.490 e. The van der Waals surface area contributed by atoms with Gasteiger partial charge in [0.1, 0.15) is 11.6 Å². The number of ether oxygens (including phenoxy) is 1. The molecule has 4 rings (SSSR count). The van der Waals surface area contributed by atoms with Crippen LogP contribution in [0.2, 0.25) is 0 Å². The van der Waals surface area contributed by atoms with Crippen molar-refractivity contribution in [3.05, 3.63) is 68.7 Å². The Morgan fingerprint density at radius 1 is 1.17 bits per heavy atom. The Hall–Kier alpha value is -2.47. The van der Waals surface area contributed by atoms with Crippen LogP contribution in [-0.4, -0.2) is 22.0 Å². The summed E-state index contributed by atoms with van der Waals surface area (Å²) >= 11 is 3.46. The minimum atomic E-state index is -0.139. The van der Waals surface area contributed by atoms with Crippen LogP contribution in [-0.2, 0) is 0 Å². The highest BCUT2D eigenvalue weighted by atomic mass is 79.9. The van der Waals surface area contributed by atoms with Gasteiger partial charge in [0.2, 0.25) is 0 Å². The van der Waals surface area contributed by atoms with Crippen molar-refractivity contribution in [3.8, 4) is 5.75 Å². The molecular formula is C24H26BrN3O2. The summed E-state index contributed by atoms with van der Waals surface area (Å²) in [5, 5.41) is 5.18. The first-order valence-electron chi connectivity index (χ1n) is 10.5. The van der Waals surface area contributed by atoms with Crippen molar-refractivity contribution < 1.29 is 4.74 Å². The van der Waals surface area contributed by atoms with Crippen LogP contribution in [0.1, 0.15) is 63.3 Å². The van der Waals surface area contributed by atoms with E-state index in [-0.39, 0.29) is 17.6 Å². The summed E-state index contributed by atoms with van der Waals surface area (Å²) in [7, 11) is 0. The van der Waals surface area contributed by atoms with Crippen molar-refractivity contribution in [2.75, 3.05) is 0 Å². The molecule has 0 N–H and O–H groups in total. The monoisotopic (exact) mass is 467 g/mol. The molecule has 30 heavy (non-hydrogen) atoms. The number of fused-ring (bicyclic) bond motifs is 1. The third-order valence-corrected chi connectivity index (χ3v) is 5.89. The number of halogens is 1. The first kappa shape index (κ1) is 20.8. The van der Waals surface area contributed by atoms with Crippen molar-refractivity contribution in [2.24, 2.45) is 5.10 Å². The van der Waals surface area contributed by atoms with E-state index >= 15 is 0 Å². The minimum absolute atomic E-state index is 0.0553. The van der Waals surface area contributed by atoms with Gasteiger partial charge in [0, 0.05) is 16.0 Å². The molecule has 3 aromatic rings. The van der Waals surface area contributed by atoms with E-state index < -0.39 is 0 Å². The number of nitrogens with zero attached hydrogens (tertiary/aromatic N) is 3. The van der Waals surface area contributed by atoms with Gasteiger partial charge in [0.25, 0.3) is 5.56 Å². The van der Waals surface area contributed by atoms with E-state index in [2.05, 4.69) is 21.0 Å². The van der Waals surface area contributed by atoms with Gasteiger partial charge < -0.3 is 4.74 Å². The van der Waals surface area contributed by atoms with Gasteiger partial charge in [0.15, 0.2) is 0 Å². The predicted molar refractivity (Wildman–Crippen MR) is 125 cm³/mol. The molecule has 0 radical (unpaired) electrons. The lowest BCUT2D eigenvalue weighted by Crippen LogP contribution is -2.25. The standard InChI is InChI=1S/C24H26BrN3O2/c1-16(2)30-22-11-7-6-10-18(22)15-26-28-23(17-8-4-3-5-9-17)27-21-13-12-19(25)14-20(21)24(28)29/h6-7,10-17H,3-5,8-9H2,1-2H3. The molecule has 6 heteroatoms. The quantitative estimate of drug-likeness (QED) is 0.440. The van der Waals surface area contributed by atoms with Crippen molar-refractivity contribution in [3.63, 3.8) is 0 Å². The fourth-order valence-electron chi connectivity index (χ4n) is 3.97. The van der Waals surface area contributed by atoms with Crippen LogP contribution in [0.15, 0.2) is 56.8 Å². The zero-order chi connectivity index (χ0) is 21.1. The molecule has 1 aliphatic rings. The highest BCUT2D eigenvalue weighted by Crippen LogP contribution is 2.32. The third kappa shape index (κ3) is 4.48. The second-order valence-electron chi connectivity index (χ2n) is 8.03. The molecule has 156 valence electrons. The van der Waals surface area contributed by atoms with Crippen molar-refractivity contribution >= 4 is 33.0 Å². The first-order valence-corrected chi connectivity index (χ1v) is 11.3. The SMILES string of the molecule is CC(C)Oc1ccccc1C=Nn1c(C2CCCCC2)nc2ccc(Br)cc2c1=O. The van der Waals surface area contributed by atoms with Crippen LogP contribution < -0.4 is 10.3 Å². The number of aromatic nitrogens is 2. The number of rotatable bonds is 5. The molecule has 0 unspecified atom stereocenters. The Morgan fingerprint density at radius 2 is 1.93 bits per heavy atom. The lowest BCUT2D eigenvalue weighted by atomic mass is 9.88. The van der Waals surface area contributed by atoms with Crippen molar-refractivity contribution in [2.45, 2.75) is 58.0 Å². The molecule has 2 aromatic carbocycles. The Bertz CT molecular complexity index is 1130. The van der Waals surface area contributed by atoms with Crippen LogP contribution in [0, 0.1) is 0 Å². The molecule has 0 amide bonds. The Kier molecular flexibility index (Phi) is 6.32. The Morgan fingerprint density at radius 3 is 2.70 bits per heavy atom. The maximum atomic E-state index is 13.4. The molecule has 0 bridgehead atoms. The molecule has 1 aliphatic carbocycles. The highest BCUT2D eigenvalue weighted by molar-refractivity contribution is 9.10. The van der Waals surface area contributed by atoms with Gasteiger partial charge in [-0.15, -0.1) is 0 Å². The highest BCUT2D eigenvalue weighted by Gasteiger charge is 2.22. The minimum Gasteiger partial charge on any atom is -0.490 e. The van der Waals surface area contributed by atoms with Crippen LogP contribution in [0.4, 0.5) is 0 Å². The van der Waals surface area contributed by atoms with Gasteiger partial charge in [-0.1, -0.05) is 47.3 Å².